The summed E-state index contributed by atoms with van der Waals surface area (Å²) in [5.74, 6) is 0.220. The van der Waals surface area contributed by atoms with E-state index in [4.69, 9.17) is 23.2 Å². The average Bonchev–Trinajstić information content (AvgIpc) is 3.30. The summed E-state index contributed by atoms with van der Waals surface area (Å²) in [7, 11) is 0. The van der Waals surface area contributed by atoms with Crippen LogP contribution in [0.1, 0.15) is 58.2 Å². The van der Waals surface area contributed by atoms with E-state index in [2.05, 4.69) is 25.3 Å². The van der Waals surface area contributed by atoms with E-state index in [0.29, 0.717) is 34.6 Å². The Bertz CT molecular complexity index is 1210. The predicted molar refractivity (Wildman–Crippen MR) is 145 cm³/mol. The van der Waals surface area contributed by atoms with Gasteiger partial charge in [0.25, 0.3) is 5.91 Å². The maximum Gasteiger partial charge on any atom is 0.254 e. The van der Waals surface area contributed by atoms with Crippen LogP contribution in [0.25, 0.3) is 0 Å². The van der Waals surface area contributed by atoms with Gasteiger partial charge in [-0.25, -0.2) is 0 Å². The van der Waals surface area contributed by atoms with Crippen LogP contribution in [0.4, 0.5) is 0 Å². The summed E-state index contributed by atoms with van der Waals surface area (Å²) in [4.78, 5) is 32.0. The fourth-order valence-electron chi connectivity index (χ4n) is 4.44. The van der Waals surface area contributed by atoms with Crippen molar-refractivity contribution in [3.63, 3.8) is 0 Å². The summed E-state index contributed by atoms with van der Waals surface area (Å²) in [6.07, 6.45) is 1.62. The largest absolute Gasteiger partial charge is 0.330 e. The Kier molecular flexibility index (Phi) is 8.20. The number of hydrogen-bond donors (Lipinski definition) is 0. The number of aryl methyl sites for hydroxylation is 1. The summed E-state index contributed by atoms with van der Waals surface area (Å²) in [6.45, 7) is 7.37. The number of benzene rings is 2. The van der Waals surface area contributed by atoms with Crippen LogP contribution in [0.15, 0.2) is 53.9 Å². The van der Waals surface area contributed by atoms with Gasteiger partial charge in [-0.3, -0.25) is 9.59 Å². The third-order valence-electron chi connectivity index (χ3n) is 6.43. The fraction of sp³-hybridized carbons (Fsp3) is 0.357. The topological polar surface area (TPSA) is 40.6 Å². The molecule has 0 bridgehead atoms. The molecule has 1 unspecified atom stereocenters. The van der Waals surface area contributed by atoms with E-state index in [1.807, 2.05) is 48.2 Å². The molecule has 4 rings (SSSR count). The molecule has 1 aliphatic heterocycles. The monoisotopic (exact) mass is 528 g/mol. The lowest BCUT2D eigenvalue weighted by molar-refractivity contribution is -0.134. The Labute approximate surface area is 221 Å². The van der Waals surface area contributed by atoms with Crippen molar-refractivity contribution in [2.24, 2.45) is 5.92 Å². The third kappa shape index (κ3) is 5.91. The minimum Gasteiger partial charge on any atom is -0.330 e. The van der Waals surface area contributed by atoms with E-state index in [9.17, 15) is 9.59 Å². The summed E-state index contributed by atoms with van der Waals surface area (Å²) in [6, 6.07) is 14.7. The van der Waals surface area contributed by atoms with Crippen molar-refractivity contribution in [2.45, 2.75) is 39.7 Å². The molecule has 0 spiro atoms. The molecular weight excluding hydrogens is 499 g/mol. The molecule has 0 saturated carbocycles. The second-order valence-corrected chi connectivity index (χ2v) is 11.3. The first-order chi connectivity index (χ1) is 16.7. The van der Waals surface area contributed by atoms with Crippen LogP contribution in [-0.4, -0.2) is 41.2 Å². The number of amides is 2. The van der Waals surface area contributed by atoms with Gasteiger partial charge in [0.1, 0.15) is 6.54 Å². The van der Waals surface area contributed by atoms with E-state index < -0.39 is 0 Å². The zero-order valence-electron chi connectivity index (χ0n) is 20.3. The second kappa shape index (κ2) is 11.2. The molecule has 3 aromatic rings. The molecule has 35 heavy (non-hydrogen) atoms. The smallest absolute Gasteiger partial charge is 0.254 e. The highest BCUT2D eigenvalue weighted by Crippen LogP contribution is 2.41. The van der Waals surface area contributed by atoms with E-state index >= 15 is 0 Å². The highest BCUT2D eigenvalue weighted by molar-refractivity contribution is 7.10. The van der Waals surface area contributed by atoms with Gasteiger partial charge in [0, 0.05) is 33.6 Å². The van der Waals surface area contributed by atoms with Gasteiger partial charge in [-0.1, -0.05) is 60.8 Å². The van der Waals surface area contributed by atoms with E-state index in [0.717, 1.165) is 29.5 Å². The van der Waals surface area contributed by atoms with Gasteiger partial charge in [-0.05, 0) is 72.5 Å². The Hall–Kier alpha value is -2.34. The van der Waals surface area contributed by atoms with Crippen molar-refractivity contribution >= 4 is 46.4 Å². The van der Waals surface area contributed by atoms with Gasteiger partial charge in [0.05, 0.1) is 6.04 Å². The van der Waals surface area contributed by atoms with Gasteiger partial charge >= 0.3 is 0 Å². The summed E-state index contributed by atoms with van der Waals surface area (Å²) < 4.78 is 0. The molecule has 2 aromatic carbocycles. The predicted octanol–water partition coefficient (Wildman–Crippen LogP) is 7.03. The van der Waals surface area contributed by atoms with Crippen LogP contribution in [0.5, 0.6) is 0 Å². The van der Waals surface area contributed by atoms with Crippen LogP contribution in [-0.2, 0) is 11.2 Å². The number of rotatable bonds is 7. The number of thiophene rings is 1. The maximum absolute atomic E-state index is 13.8. The molecule has 0 aliphatic carbocycles. The number of hydrogen-bond acceptors (Lipinski definition) is 3. The second-order valence-electron chi connectivity index (χ2n) is 9.48. The van der Waals surface area contributed by atoms with Gasteiger partial charge in [0.2, 0.25) is 5.91 Å². The molecule has 0 saturated heterocycles. The minimum atomic E-state index is -0.302. The molecule has 2 amide bonds. The van der Waals surface area contributed by atoms with Crippen molar-refractivity contribution in [3.05, 3.63) is 91.1 Å². The standard InChI is InChI=1S/C28H30Cl2N2O2S/c1-18(2)10-13-31(28(34)20-6-4-19(3)5-7-20)17-26(33)32-14-11-25-23(12-15-35-25)27(32)22-9-8-21(29)16-24(22)30/h4-9,12,15-16,18,27H,10-11,13-14,17H2,1-3H3. The highest BCUT2D eigenvalue weighted by Gasteiger charge is 2.35. The van der Waals surface area contributed by atoms with Gasteiger partial charge in [0.15, 0.2) is 0 Å². The van der Waals surface area contributed by atoms with Crippen LogP contribution in [0, 0.1) is 12.8 Å². The molecule has 1 aliphatic rings. The van der Waals surface area contributed by atoms with Crippen molar-refractivity contribution in [2.75, 3.05) is 19.6 Å². The number of carbonyl (C=O) groups excluding carboxylic acids is 2. The molecule has 0 N–H and O–H groups in total. The lowest BCUT2D eigenvalue weighted by Crippen LogP contribution is -2.47. The fourth-order valence-corrected chi connectivity index (χ4v) is 5.86. The highest BCUT2D eigenvalue weighted by atomic mass is 35.5. The summed E-state index contributed by atoms with van der Waals surface area (Å²) >= 11 is 14.5. The van der Waals surface area contributed by atoms with Crippen LogP contribution in [0.3, 0.4) is 0 Å². The van der Waals surface area contributed by atoms with Gasteiger partial charge < -0.3 is 9.80 Å². The Morgan fingerprint density at radius 2 is 1.83 bits per heavy atom. The zero-order valence-corrected chi connectivity index (χ0v) is 22.6. The molecule has 2 heterocycles. The SMILES string of the molecule is Cc1ccc(C(=O)N(CCC(C)C)CC(=O)N2CCc3sccc3C2c2ccc(Cl)cc2Cl)cc1. The maximum atomic E-state index is 13.8. The van der Waals surface area contributed by atoms with E-state index in [1.165, 1.54) is 4.88 Å². The number of nitrogens with zero attached hydrogens (tertiary/aromatic N) is 2. The lowest BCUT2D eigenvalue weighted by Gasteiger charge is -2.38. The summed E-state index contributed by atoms with van der Waals surface area (Å²) in [5, 5.41) is 3.15. The Balaban J connectivity index is 1.63. The first-order valence-electron chi connectivity index (χ1n) is 11.9. The van der Waals surface area contributed by atoms with E-state index in [1.54, 1.807) is 22.3 Å². The average molecular weight is 530 g/mol. The van der Waals surface area contributed by atoms with E-state index in [-0.39, 0.29) is 24.4 Å². The first kappa shape index (κ1) is 25.7. The van der Waals surface area contributed by atoms with Gasteiger partial charge in [-0.2, -0.15) is 0 Å². The van der Waals surface area contributed by atoms with Crippen LogP contribution < -0.4 is 0 Å². The van der Waals surface area contributed by atoms with Crippen molar-refractivity contribution in [1.82, 2.24) is 9.80 Å². The molecule has 1 aromatic heterocycles. The molecule has 1 atom stereocenters. The Morgan fingerprint density at radius 1 is 1.09 bits per heavy atom. The minimum absolute atomic E-state index is 0.0284. The van der Waals surface area contributed by atoms with Crippen molar-refractivity contribution in [1.29, 1.82) is 0 Å². The molecule has 4 nitrogen and oxygen atoms in total. The number of carbonyl (C=O) groups is 2. The number of fused-ring (bicyclic) bond motifs is 1. The molecule has 184 valence electrons. The summed E-state index contributed by atoms with van der Waals surface area (Å²) in [5.41, 5.74) is 3.64. The molecule has 0 radical (unpaired) electrons. The van der Waals surface area contributed by atoms with Crippen molar-refractivity contribution < 1.29 is 9.59 Å². The van der Waals surface area contributed by atoms with Crippen LogP contribution >= 0.6 is 34.5 Å². The number of halogens is 2. The third-order valence-corrected chi connectivity index (χ3v) is 7.99. The molecule has 7 heteroatoms. The Morgan fingerprint density at radius 3 is 2.51 bits per heavy atom. The quantitative estimate of drug-likeness (QED) is 0.330. The zero-order chi connectivity index (χ0) is 25.1. The molecular formula is C28H30Cl2N2O2S. The first-order valence-corrected chi connectivity index (χ1v) is 13.5. The van der Waals surface area contributed by atoms with Gasteiger partial charge in [-0.15, -0.1) is 11.3 Å². The molecule has 0 fully saturated rings. The normalized spacial score (nSPS) is 15.3. The van der Waals surface area contributed by atoms with Crippen molar-refractivity contribution in [3.8, 4) is 0 Å². The van der Waals surface area contributed by atoms with Crippen LogP contribution in [0.2, 0.25) is 10.0 Å². The lowest BCUT2D eigenvalue weighted by atomic mass is 9.93.